The molecule has 0 aromatic rings. The van der Waals surface area contributed by atoms with Gasteiger partial charge in [-0.1, -0.05) is 0 Å². The highest BCUT2D eigenvalue weighted by atomic mass is 16.4. The number of carboxylic acids is 1. The molecular formula is C7H9N3O2. The molecule has 0 spiro atoms. The Morgan fingerprint density at radius 1 is 1.75 bits per heavy atom. The summed E-state index contributed by atoms with van der Waals surface area (Å²) in [7, 11) is 0. The quantitative estimate of drug-likeness (QED) is 0.491. The molecule has 2 rings (SSSR count). The van der Waals surface area contributed by atoms with Gasteiger partial charge in [0.15, 0.2) is 0 Å². The fraction of sp³-hybridized carbons (Fsp3) is 0.429. The van der Waals surface area contributed by atoms with Crippen LogP contribution in [0.5, 0.6) is 0 Å². The summed E-state index contributed by atoms with van der Waals surface area (Å²) in [6.45, 7) is 0. The molecule has 2 aliphatic heterocycles. The predicted octanol–water partition coefficient (Wildman–Crippen LogP) is -0.521. The van der Waals surface area contributed by atoms with E-state index in [1.165, 1.54) is 0 Å². The van der Waals surface area contributed by atoms with Gasteiger partial charge in [-0.3, -0.25) is 9.79 Å². The minimum Gasteiger partial charge on any atom is -0.480 e. The summed E-state index contributed by atoms with van der Waals surface area (Å²) >= 11 is 0. The SMILES string of the molecule is O=C(O)C1NNC2=CN=CCC21. The number of carbonyl (C=O) groups is 1. The lowest BCUT2D eigenvalue weighted by atomic mass is 9.95. The largest absolute Gasteiger partial charge is 0.480 e. The average molecular weight is 167 g/mol. The third kappa shape index (κ3) is 0.984. The predicted molar refractivity (Wildman–Crippen MR) is 42.4 cm³/mol. The smallest absolute Gasteiger partial charge is 0.323 e. The Morgan fingerprint density at radius 3 is 3.33 bits per heavy atom. The van der Waals surface area contributed by atoms with Crippen molar-refractivity contribution in [2.75, 3.05) is 0 Å². The number of hydrogen-bond acceptors (Lipinski definition) is 4. The lowest BCUT2D eigenvalue weighted by Crippen LogP contribution is -2.38. The van der Waals surface area contributed by atoms with Gasteiger partial charge in [-0.15, -0.1) is 0 Å². The number of fused-ring (bicyclic) bond motifs is 1. The molecule has 0 bridgehead atoms. The second-order valence-corrected chi connectivity index (χ2v) is 2.84. The van der Waals surface area contributed by atoms with Crippen molar-refractivity contribution in [1.29, 1.82) is 0 Å². The zero-order valence-electron chi connectivity index (χ0n) is 6.32. The first-order chi connectivity index (χ1) is 5.79. The summed E-state index contributed by atoms with van der Waals surface area (Å²) in [5, 5.41) is 8.78. The van der Waals surface area contributed by atoms with Crippen LogP contribution in [-0.2, 0) is 4.79 Å². The molecule has 1 fully saturated rings. The molecule has 0 aromatic carbocycles. The minimum absolute atomic E-state index is 0.0139. The van der Waals surface area contributed by atoms with Crippen LogP contribution >= 0.6 is 0 Å². The summed E-state index contributed by atoms with van der Waals surface area (Å²) in [5.74, 6) is -0.814. The highest BCUT2D eigenvalue weighted by Gasteiger charge is 2.36. The number of hydrazine groups is 1. The third-order valence-corrected chi connectivity index (χ3v) is 2.12. The van der Waals surface area contributed by atoms with Gasteiger partial charge in [0, 0.05) is 18.3 Å². The zero-order chi connectivity index (χ0) is 8.55. The summed E-state index contributed by atoms with van der Waals surface area (Å²) in [4.78, 5) is 14.6. The molecule has 2 aliphatic rings. The van der Waals surface area contributed by atoms with Crippen LogP contribution < -0.4 is 10.9 Å². The number of aliphatic imine (C=N–C) groups is 1. The molecule has 0 amide bonds. The highest BCUT2D eigenvalue weighted by Crippen LogP contribution is 2.23. The van der Waals surface area contributed by atoms with Gasteiger partial charge >= 0.3 is 5.97 Å². The molecule has 0 radical (unpaired) electrons. The molecule has 12 heavy (non-hydrogen) atoms. The van der Waals surface area contributed by atoms with Gasteiger partial charge in [-0.25, -0.2) is 5.43 Å². The molecule has 0 aliphatic carbocycles. The Kier molecular flexibility index (Phi) is 1.58. The van der Waals surface area contributed by atoms with Crippen LogP contribution in [0.2, 0.25) is 0 Å². The number of nitrogens with one attached hydrogen (secondary N) is 2. The Balaban J connectivity index is 2.20. The van der Waals surface area contributed by atoms with Crippen molar-refractivity contribution in [3.63, 3.8) is 0 Å². The molecule has 0 saturated carbocycles. The van der Waals surface area contributed by atoms with Crippen molar-refractivity contribution in [3.8, 4) is 0 Å². The van der Waals surface area contributed by atoms with E-state index in [0.717, 1.165) is 5.70 Å². The summed E-state index contributed by atoms with van der Waals surface area (Å²) in [6.07, 6.45) is 4.08. The van der Waals surface area contributed by atoms with Gasteiger partial charge < -0.3 is 10.5 Å². The van der Waals surface area contributed by atoms with Gasteiger partial charge in [0.25, 0.3) is 0 Å². The van der Waals surface area contributed by atoms with Crippen molar-refractivity contribution >= 4 is 12.2 Å². The van der Waals surface area contributed by atoms with E-state index in [1.807, 2.05) is 0 Å². The maximum absolute atomic E-state index is 10.7. The molecule has 5 heteroatoms. The van der Waals surface area contributed by atoms with Crippen LogP contribution in [0, 0.1) is 5.92 Å². The summed E-state index contributed by atoms with van der Waals surface area (Å²) in [5.41, 5.74) is 6.37. The molecule has 0 aromatic heterocycles. The Bertz CT molecular complexity index is 272. The van der Waals surface area contributed by atoms with Gasteiger partial charge in [0.2, 0.25) is 0 Å². The number of aliphatic carboxylic acids is 1. The second-order valence-electron chi connectivity index (χ2n) is 2.84. The lowest BCUT2D eigenvalue weighted by molar-refractivity contribution is -0.140. The van der Waals surface area contributed by atoms with Crippen LogP contribution in [0.3, 0.4) is 0 Å². The van der Waals surface area contributed by atoms with Crippen LogP contribution in [0.15, 0.2) is 16.9 Å². The number of nitrogens with zero attached hydrogens (tertiary/aromatic N) is 1. The van der Waals surface area contributed by atoms with Crippen molar-refractivity contribution in [2.45, 2.75) is 12.5 Å². The van der Waals surface area contributed by atoms with Gasteiger partial charge in [-0.2, -0.15) is 0 Å². The van der Waals surface area contributed by atoms with Crippen molar-refractivity contribution < 1.29 is 9.90 Å². The van der Waals surface area contributed by atoms with Crippen LogP contribution in [-0.4, -0.2) is 23.3 Å². The molecule has 2 unspecified atom stereocenters. The first kappa shape index (κ1) is 7.30. The van der Waals surface area contributed by atoms with Crippen LogP contribution in [0.1, 0.15) is 6.42 Å². The van der Waals surface area contributed by atoms with Gasteiger partial charge in [0.1, 0.15) is 6.04 Å². The van der Waals surface area contributed by atoms with E-state index in [2.05, 4.69) is 15.8 Å². The van der Waals surface area contributed by atoms with E-state index in [0.29, 0.717) is 6.42 Å². The molecule has 2 heterocycles. The van der Waals surface area contributed by atoms with Gasteiger partial charge in [0.05, 0.1) is 5.70 Å². The minimum atomic E-state index is -0.828. The highest BCUT2D eigenvalue weighted by molar-refractivity contribution is 5.76. The number of hydrogen-bond donors (Lipinski definition) is 3. The van der Waals surface area contributed by atoms with E-state index >= 15 is 0 Å². The first-order valence-corrected chi connectivity index (χ1v) is 3.75. The average Bonchev–Trinajstić information content (AvgIpc) is 2.47. The molecule has 64 valence electrons. The topological polar surface area (TPSA) is 73.7 Å². The van der Waals surface area contributed by atoms with Crippen molar-refractivity contribution in [3.05, 3.63) is 11.9 Å². The Morgan fingerprint density at radius 2 is 2.58 bits per heavy atom. The van der Waals surface area contributed by atoms with E-state index in [4.69, 9.17) is 5.11 Å². The summed E-state index contributed by atoms with van der Waals surface area (Å²) in [6, 6.07) is -0.525. The maximum Gasteiger partial charge on any atom is 0.323 e. The standard InChI is InChI=1S/C7H9N3O2/c11-7(12)6-4-1-2-8-3-5(4)9-10-6/h2-4,6,9-10H,1H2,(H,11,12). The van der Waals surface area contributed by atoms with Crippen molar-refractivity contribution in [1.82, 2.24) is 10.9 Å². The molecule has 5 nitrogen and oxygen atoms in total. The van der Waals surface area contributed by atoms with Crippen molar-refractivity contribution in [2.24, 2.45) is 10.9 Å². The van der Waals surface area contributed by atoms with Crippen LogP contribution in [0.4, 0.5) is 0 Å². The first-order valence-electron chi connectivity index (χ1n) is 3.75. The second kappa shape index (κ2) is 2.60. The fourth-order valence-electron chi connectivity index (χ4n) is 1.47. The van der Waals surface area contributed by atoms with E-state index in [9.17, 15) is 4.79 Å². The number of carboxylic acid groups (broad SMARTS) is 1. The van der Waals surface area contributed by atoms with E-state index in [1.54, 1.807) is 12.4 Å². The van der Waals surface area contributed by atoms with Gasteiger partial charge in [-0.05, 0) is 6.42 Å². The molecule has 1 saturated heterocycles. The van der Waals surface area contributed by atoms with E-state index < -0.39 is 12.0 Å². The zero-order valence-corrected chi connectivity index (χ0v) is 6.32. The third-order valence-electron chi connectivity index (χ3n) is 2.12. The Labute approximate surface area is 69.1 Å². The molecule has 3 N–H and O–H groups in total. The van der Waals surface area contributed by atoms with Crippen LogP contribution in [0.25, 0.3) is 0 Å². The monoisotopic (exact) mass is 167 g/mol. The summed E-state index contributed by atoms with van der Waals surface area (Å²) < 4.78 is 0. The lowest BCUT2D eigenvalue weighted by Gasteiger charge is -2.13. The molecular weight excluding hydrogens is 158 g/mol. The maximum atomic E-state index is 10.7. The Hall–Kier alpha value is -1.36. The molecule has 2 atom stereocenters. The normalized spacial score (nSPS) is 32.2. The van der Waals surface area contributed by atoms with E-state index in [-0.39, 0.29) is 5.92 Å². The number of rotatable bonds is 1. The fourth-order valence-corrected chi connectivity index (χ4v) is 1.47.